The molecule has 1 aliphatic carbocycles. The SMILES string of the molecule is CC1(C)C(C(=O)NCC2CCNC2)C1(C)C. The van der Waals surface area contributed by atoms with Crippen LogP contribution in [0.1, 0.15) is 34.1 Å². The Hall–Kier alpha value is -0.570. The molecule has 0 aromatic carbocycles. The summed E-state index contributed by atoms with van der Waals surface area (Å²) in [6.45, 7) is 11.7. The monoisotopic (exact) mass is 224 g/mol. The van der Waals surface area contributed by atoms with Crippen molar-refractivity contribution in [1.29, 1.82) is 0 Å². The van der Waals surface area contributed by atoms with Gasteiger partial charge < -0.3 is 10.6 Å². The fourth-order valence-corrected chi connectivity index (χ4v) is 3.09. The summed E-state index contributed by atoms with van der Waals surface area (Å²) in [5.74, 6) is 1.07. The van der Waals surface area contributed by atoms with Crippen molar-refractivity contribution in [3.05, 3.63) is 0 Å². The van der Waals surface area contributed by atoms with E-state index in [1.165, 1.54) is 6.42 Å². The Labute approximate surface area is 98.4 Å². The Bertz CT molecular complexity index is 276. The zero-order chi connectivity index (χ0) is 12.0. The zero-order valence-corrected chi connectivity index (χ0v) is 10.9. The van der Waals surface area contributed by atoms with Crippen LogP contribution in [-0.2, 0) is 4.79 Å². The quantitative estimate of drug-likeness (QED) is 0.760. The smallest absolute Gasteiger partial charge is 0.224 e. The average Bonchev–Trinajstić information content (AvgIpc) is 2.61. The number of carbonyl (C=O) groups is 1. The highest BCUT2D eigenvalue weighted by molar-refractivity contribution is 5.84. The van der Waals surface area contributed by atoms with E-state index in [0.717, 1.165) is 19.6 Å². The lowest BCUT2D eigenvalue weighted by Gasteiger charge is -2.10. The first-order valence-corrected chi connectivity index (χ1v) is 6.36. The lowest BCUT2D eigenvalue weighted by Crippen LogP contribution is -2.32. The van der Waals surface area contributed by atoms with E-state index in [0.29, 0.717) is 5.92 Å². The molecule has 1 saturated carbocycles. The van der Waals surface area contributed by atoms with Crippen molar-refractivity contribution in [3.8, 4) is 0 Å². The molecule has 1 amide bonds. The molecule has 1 heterocycles. The first-order valence-electron chi connectivity index (χ1n) is 6.36. The molecular formula is C13H24N2O. The number of rotatable bonds is 3. The standard InChI is InChI=1S/C13H24N2O/c1-12(2)10(13(12,3)4)11(16)15-8-9-5-6-14-7-9/h9-10,14H,5-8H2,1-4H3,(H,15,16). The van der Waals surface area contributed by atoms with Crippen molar-refractivity contribution in [3.63, 3.8) is 0 Å². The lowest BCUT2D eigenvalue weighted by atomic mass is 10.0. The third kappa shape index (κ3) is 1.75. The van der Waals surface area contributed by atoms with Crippen LogP contribution in [0.5, 0.6) is 0 Å². The predicted molar refractivity (Wildman–Crippen MR) is 65.0 cm³/mol. The van der Waals surface area contributed by atoms with Gasteiger partial charge in [0.15, 0.2) is 0 Å². The van der Waals surface area contributed by atoms with Crippen LogP contribution in [0.4, 0.5) is 0 Å². The highest BCUT2D eigenvalue weighted by atomic mass is 16.2. The van der Waals surface area contributed by atoms with E-state index in [9.17, 15) is 4.79 Å². The van der Waals surface area contributed by atoms with Crippen molar-refractivity contribution >= 4 is 5.91 Å². The summed E-state index contributed by atoms with van der Waals surface area (Å²) < 4.78 is 0. The second-order valence-corrected chi connectivity index (χ2v) is 6.48. The van der Waals surface area contributed by atoms with E-state index in [2.05, 4.69) is 38.3 Å². The maximum Gasteiger partial charge on any atom is 0.224 e. The molecule has 92 valence electrons. The van der Waals surface area contributed by atoms with E-state index < -0.39 is 0 Å². The van der Waals surface area contributed by atoms with E-state index in [1.807, 2.05) is 0 Å². The Kier molecular flexibility index (Phi) is 2.77. The second-order valence-electron chi connectivity index (χ2n) is 6.48. The minimum absolute atomic E-state index is 0.158. The Morgan fingerprint density at radius 2 is 1.94 bits per heavy atom. The highest BCUT2D eigenvalue weighted by Gasteiger charge is 2.68. The maximum absolute atomic E-state index is 12.1. The zero-order valence-electron chi connectivity index (χ0n) is 10.9. The Morgan fingerprint density at radius 1 is 1.31 bits per heavy atom. The van der Waals surface area contributed by atoms with Crippen LogP contribution in [0.3, 0.4) is 0 Å². The minimum Gasteiger partial charge on any atom is -0.355 e. The topological polar surface area (TPSA) is 41.1 Å². The third-order valence-corrected chi connectivity index (χ3v) is 5.01. The van der Waals surface area contributed by atoms with Crippen LogP contribution in [0.2, 0.25) is 0 Å². The second kappa shape index (κ2) is 3.73. The van der Waals surface area contributed by atoms with Gasteiger partial charge in [-0.3, -0.25) is 4.79 Å². The van der Waals surface area contributed by atoms with Gasteiger partial charge in [-0.25, -0.2) is 0 Å². The molecule has 2 N–H and O–H groups in total. The van der Waals surface area contributed by atoms with Gasteiger partial charge in [0.05, 0.1) is 0 Å². The molecule has 0 spiro atoms. The molecule has 0 radical (unpaired) electrons. The van der Waals surface area contributed by atoms with Crippen molar-refractivity contribution in [2.24, 2.45) is 22.7 Å². The van der Waals surface area contributed by atoms with Crippen molar-refractivity contribution in [2.45, 2.75) is 34.1 Å². The van der Waals surface area contributed by atoms with Crippen molar-refractivity contribution < 1.29 is 4.79 Å². The molecule has 0 aromatic rings. The van der Waals surface area contributed by atoms with Gasteiger partial charge >= 0.3 is 0 Å². The van der Waals surface area contributed by atoms with Gasteiger partial charge in [0.25, 0.3) is 0 Å². The Morgan fingerprint density at radius 3 is 2.38 bits per heavy atom. The summed E-state index contributed by atoms with van der Waals surface area (Å²) in [6.07, 6.45) is 1.19. The van der Waals surface area contributed by atoms with E-state index >= 15 is 0 Å². The Balaban J connectivity index is 1.81. The molecule has 3 nitrogen and oxygen atoms in total. The summed E-state index contributed by atoms with van der Waals surface area (Å²) in [5, 5.41) is 6.44. The maximum atomic E-state index is 12.1. The van der Waals surface area contributed by atoms with E-state index in [-0.39, 0.29) is 22.7 Å². The van der Waals surface area contributed by atoms with Gasteiger partial charge in [0, 0.05) is 12.5 Å². The van der Waals surface area contributed by atoms with Crippen LogP contribution in [-0.4, -0.2) is 25.5 Å². The first-order chi connectivity index (χ1) is 7.37. The lowest BCUT2D eigenvalue weighted by molar-refractivity contribution is -0.123. The first kappa shape index (κ1) is 11.9. The molecule has 1 atom stereocenters. The molecule has 1 unspecified atom stereocenters. The number of carbonyl (C=O) groups excluding carboxylic acids is 1. The summed E-state index contributed by atoms with van der Waals surface area (Å²) in [5.41, 5.74) is 0.315. The molecular weight excluding hydrogens is 200 g/mol. The van der Waals surface area contributed by atoms with E-state index in [1.54, 1.807) is 0 Å². The molecule has 2 fully saturated rings. The fraction of sp³-hybridized carbons (Fsp3) is 0.923. The van der Waals surface area contributed by atoms with Crippen LogP contribution < -0.4 is 10.6 Å². The van der Waals surface area contributed by atoms with Gasteiger partial charge in [-0.15, -0.1) is 0 Å². The average molecular weight is 224 g/mol. The number of hydrogen-bond donors (Lipinski definition) is 2. The normalized spacial score (nSPS) is 31.4. The van der Waals surface area contributed by atoms with Crippen molar-refractivity contribution in [2.75, 3.05) is 19.6 Å². The predicted octanol–water partition coefficient (Wildman–Crippen LogP) is 1.39. The van der Waals surface area contributed by atoms with Gasteiger partial charge in [-0.1, -0.05) is 27.7 Å². The largest absolute Gasteiger partial charge is 0.355 e. The van der Waals surface area contributed by atoms with Crippen LogP contribution in [0, 0.1) is 22.7 Å². The number of nitrogens with one attached hydrogen (secondary N) is 2. The van der Waals surface area contributed by atoms with Gasteiger partial charge in [0.2, 0.25) is 5.91 Å². The highest BCUT2D eigenvalue weighted by Crippen LogP contribution is 2.68. The number of amides is 1. The van der Waals surface area contributed by atoms with Crippen LogP contribution in [0.25, 0.3) is 0 Å². The fourth-order valence-electron chi connectivity index (χ4n) is 3.09. The van der Waals surface area contributed by atoms with Crippen LogP contribution in [0.15, 0.2) is 0 Å². The van der Waals surface area contributed by atoms with Crippen LogP contribution >= 0.6 is 0 Å². The van der Waals surface area contributed by atoms with Gasteiger partial charge in [-0.2, -0.15) is 0 Å². The third-order valence-electron chi connectivity index (χ3n) is 5.01. The summed E-state index contributed by atoms with van der Waals surface area (Å²) in [6, 6.07) is 0. The summed E-state index contributed by atoms with van der Waals surface area (Å²) in [7, 11) is 0. The number of hydrogen-bond acceptors (Lipinski definition) is 2. The molecule has 1 aliphatic heterocycles. The molecule has 16 heavy (non-hydrogen) atoms. The van der Waals surface area contributed by atoms with Crippen molar-refractivity contribution in [1.82, 2.24) is 10.6 Å². The molecule has 3 heteroatoms. The molecule has 0 aromatic heterocycles. The molecule has 0 bridgehead atoms. The summed E-state index contributed by atoms with van der Waals surface area (Å²) >= 11 is 0. The van der Waals surface area contributed by atoms with Gasteiger partial charge in [-0.05, 0) is 36.3 Å². The molecule has 2 aliphatic rings. The molecule has 1 saturated heterocycles. The summed E-state index contributed by atoms with van der Waals surface area (Å²) in [4.78, 5) is 12.1. The minimum atomic E-state index is 0.158. The van der Waals surface area contributed by atoms with Gasteiger partial charge in [0.1, 0.15) is 0 Å². The van der Waals surface area contributed by atoms with E-state index in [4.69, 9.17) is 0 Å². The molecule has 2 rings (SSSR count).